The lowest BCUT2D eigenvalue weighted by atomic mass is 10.0. The minimum absolute atomic E-state index is 0.0832. The zero-order chi connectivity index (χ0) is 12.5. The molecule has 0 aliphatic carbocycles. The minimum atomic E-state index is -4.42. The molecule has 0 aliphatic rings. The number of Topliss-reactive ketones (excluding diaryl/α,β-unsaturated/α-hetero) is 1. The van der Waals surface area contributed by atoms with Gasteiger partial charge in [0.2, 0.25) is 0 Å². The third-order valence-corrected chi connectivity index (χ3v) is 2.18. The number of hydrogen-bond acceptors (Lipinski definition) is 2. The molecule has 0 unspecified atom stereocenters. The van der Waals surface area contributed by atoms with Gasteiger partial charge >= 0.3 is 6.18 Å². The maximum Gasteiger partial charge on any atom is 0.416 e. The molecular formula is C11H12F3NO. The first-order valence-electron chi connectivity index (χ1n) is 4.63. The molecule has 1 aromatic carbocycles. The SMILES string of the molecule is CC(=O)c1cc(C(F)(F)F)ccc1N(C)C. The van der Waals surface area contributed by atoms with Crippen LogP contribution >= 0.6 is 0 Å². The van der Waals surface area contributed by atoms with Crippen molar-refractivity contribution in [2.75, 3.05) is 19.0 Å². The van der Waals surface area contributed by atoms with Crippen molar-refractivity contribution in [3.63, 3.8) is 0 Å². The van der Waals surface area contributed by atoms with Gasteiger partial charge in [-0.2, -0.15) is 13.2 Å². The molecule has 0 heterocycles. The van der Waals surface area contributed by atoms with Crippen molar-refractivity contribution in [3.05, 3.63) is 29.3 Å². The number of rotatable bonds is 2. The van der Waals surface area contributed by atoms with Crippen LogP contribution in [-0.2, 0) is 6.18 Å². The molecule has 0 radical (unpaired) electrons. The van der Waals surface area contributed by atoms with Gasteiger partial charge in [-0.1, -0.05) is 0 Å². The van der Waals surface area contributed by atoms with Crippen LogP contribution in [0.25, 0.3) is 0 Å². The van der Waals surface area contributed by atoms with Crippen molar-refractivity contribution in [1.82, 2.24) is 0 Å². The monoisotopic (exact) mass is 231 g/mol. The Bertz CT molecular complexity index is 410. The molecule has 1 aromatic rings. The number of carbonyl (C=O) groups is 1. The van der Waals surface area contributed by atoms with Crippen LogP contribution in [0.5, 0.6) is 0 Å². The second kappa shape index (κ2) is 4.15. The Morgan fingerprint density at radius 2 is 1.81 bits per heavy atom. The molecule has 0 atom stereocenters. The van der Waals surface area contributed by atoms with Crippen LogP contribution in [0, 0.1) is 0 Å². The fourth-order valence-electron chi connectivity index (χ4n) is 1.38. The predicted octanol–water partition coefficient (Wildman–Crippen LogP) is 2.97. The van der Waals surface area contributed by atoms with Gasteiger partial charge in [0.05, 0.1) is 5.56 Å². The fourth-order valence-corrected chi connectivity index (χ4v) is 1.38. The van der Waals surface area contributed by atoms with Crippen molar-refractivity contribution in [2.45, 2.75) is 13.1 Å². The van der Waals surface area contributed by atoms with Gasteiger partial charge in [0, 0.05) is 25.3 Å². The summed E-state index contributed by atoms with van der Waals surface area (Å²) >= 11 is 0. The fraction of sp³-hybridized carbons (Fsp3) is 0.364. The third-order valence-electron chi connectivity index (χ3n) is 2.18. The molecule has 16 heavy (non-hydrogen) atoms. The molecule has 0 aliphatic heterocycles. The molecule has 5 heteroatoms. The van der Waals surface area contributed by atoms with Gasteiger partial charge in [-0.3, -0.25) is 4.79 Å². The highest BCUT2D eigenvalue weighted by Gasteiger charge is 2.31. The summed E-state index contributed by atoms with van der Waals surface area (Å²) in [4.78, 5) is 12.9. The number of ketones is 1. The molecule has 0 aromatic heterocycles. The van der Waals surface area contributed by atoms with Crippen molar-refractivity contribution in [2.24, 2.45) is 0 Å². The summed E-state index contributed by atoms with van der Waals surface area (Å²) in [5.74, 6) is -0.380. The summed E-state index contributed by atoms with van der Waals surface area (Å²) < 4.78 is 37.3. The smallest absolute Gasteiger partial charge is 0.377 e. The lowest BCUT2D eigenvalue weighted by Crippen LogP contribution is -2.15. The van der Waals surface area contributed by atoms with Gasteiger partial charge in [-0.05, 0) is 25.1 Å². The lowest BCUT2D eigenvalue weighted by molar-refractivity contribution is -0.137. The number of carbonyl (C=O) groups excluding carboxylic acids is 1. The molecule has 0 amide bonds. The Balaban J connectivity index is 3.34. The summed E-state index contributed by atoms with van der Waals surface area (Å²) in [5, 5.41) is 0. The normalized spacial score (nSPS) is 11.4. The van der Waals surface area contributed by atoms with Crippen molar-refractivity contribution >= 4 is 11.5 Å². The number of hydrogen-bond donors (Lipinski definition) is 0. The van der Waals surface area contributed by atoms with E-state index in [1.165, 1.54) is 13.0 Å². The van der Waals surface area contributed by atoms with E-state index in [1.807, 2.05) is 0 Å². The van der Waals surface area contributed by atoms with Crippen LogP contribution in [0.2, 0.25) is 0 Å². The van der Waals surface area contributed by atoms with Crippen LogP contribution in [0.4, 0.5) is 18.9 Å². The Hall–Kier alpha value is -1.52. The first kappa shape index (κ1) is 12.5. The van der Waals surface area contributed by atoms with E-state index < -0.39 is 11.7 Å². The Labute approximate surface area is 91.7 Å². The van der Waals surface area contributed by atoms with Crippen molar-refractivity contribution in [1.29, 1.82) is 0 Å². The van der Waals surface area contributed by atoms with Crippen LogP contribution in [-0.4, -0.2) is 19.9 Å². The molecule has 0 spiro atoms. The summed E-state index contributed by atoms with van der Waals surface area (Å²) in [5.41, 5.74) is -0.233. The molecule has 88 valence electrons. The highest BCUT2D eigenvalue weighted by Crippen LogP contribution is 2.32. The van der Waals surface area contributed by atoms with Gasteiger partial charge in [-0.15, -0.1) is 0 Å². The Morgan fingerprint density at radius 1 is 1.25 bits per heavy atom. The lowest BCUT2D eigenvalue weighted by Gasteiger charge is -2.17. The van der Waals surface area contributed by atoms with Gasteiger partial charge < -0.3 is 4.90 Å². The topological polar surface area (TPSA) is 20.3 Å². The van der Waals surface area contributed by atoms with E-state index in [2.05, 4.69) is 0 Å². The van der Waals surface area contributed by atoms with Crippen molar-refractivity contribution < 1.29 is 18.0 Å². The largest absolute Gasteiger partial charge is 0.416 e. The highest BCUT2D eigenvalue weighted by molar-refractivity contribution is 5.99. The number of halogens is 3. The summed E-state index contributed by atoms with van der Waals surface area (Å²) in [7, 11) is 3.35. The molecule has 2 nitrogen and oxygen atoms in total. The second-order valence-electron chi connectivity index (χ2n) is 3.68. The molecule has 0 N–H and O–H groups in total. The van der Waals surface area contributed by atoms with E-state index in [-0.39, 0.29) is 11.3 Å². The van der Waals surface area contributed by atoms with E-state index in [0.29, 0.717) is 5.69 Å². The van der Waals surface area contributed by atoms with E-state index in [1.54, 1.807) is 19.0 Å². The Morgan fingerprint density at radius 3 is 2.19 bits per heavy atom. The first-order valence-corrected chi connectivity index (χ1v) is 4.63. The molecule has 0 bridgehead atoms. The van der Waals surface area contributed by atoms with E-state index in [0.717, 1.165) is 12.1 Å². The van der Waals surface area contributed by atoms with Crippen LogP contribution in [0.15, 0.2) is 18.2 Å². The van der Waals surface area contributed by atoms with Gasteiger partial charge in [0.1, 0.15) is 0 Å². The number of alkyl halides is 3. The first-order chi connectivity index (χ1) is 7.23. The van der Waals surface area contributed by atoms with Gasteiger partial charge in [-0.25, -0.2) is 0 Å². The number of anilines is 1. The summed E-state index contributed by atoms with van der Waals surface area (Å²) in [6, 6.07) is 3.17. The molecule has 0 saturated carbocycles. The minimum Gasteiger partial charge on any atom is -0.377 e. The standard InChI is InChI=1S/C11H12F3NO/c1-7(16)9-6-8(11(12,13)14)4-5-10(9)15(2)3/h4-6H,1-3H3. The number of benzene rings is 1. The van der Waals surface area contributed by atoms with E-state index >= 15 is 0 Å². The predicted molar refractivity (Wildman–Crippen MR) is 55.8 cm³/mol. The van der Waals surface area contributed by atoms with Crippen molar-refractivity contribution in [3.8, 4) is 0 Å². The molecular weight excluding hydrogens is 219 g/mol. The van der Waals surface area contributed by atoms with E-state index in [9.17, 15) is 18.0 Å². The molecule has 1 rings (SSSR count). The van der Waals surface area contributed by atoms with E-state index in [4.69, 9.17) is 0 Å². The summed E-state index contributed by atoms with van der Waals surface area (Å²) in [6.07, 6.45) is -4.42. The van der Waals surface area contributed by atoms with Gasteiger partial charge in [0.15, 0.2) is 5.78 Å². The second-order valence-corrected chi connectivity index (χ2v) is 3.68. The average Bonchev–Trinajstić information content (AvgIpc) is 2.15. The summed E-state index contributed by atoms with van der Waals surface area (Å²) in [6.45, 7) is 1.25. The molecule has 0 fully saturated rings. The third kappa shape index (κ3) is 2.53. The zero-order valence-corrected chi connectivity index (χ0v) is 9.22. The highest BCUT2D eigenvalue weighted by atomic mass is 19.4. The van der Waals surface area contributed by atoms with Crippen LogP contribution in [0.3, 0.4) is 0 Å². The van der Waals surface area contributed by atoms with Crippen LogP contribution < -0.4 is 4.90 Å². The van der Waals surface area contributed by atoms with Gasteiger partial charge in [0.25, 0.3) is 0 Å². The number of nitrogens with zero attached hydrogens (tertiary/aromatic N) is 1. The maximum absolute atomic E-state index is 12.4. The molecule has 0 saturated heterocycles. The average molecular weight is 231 g/mol. The Kier molecular flexibility index (Phi) is 3.26. The zero-order valence-electron chi connectivity index (χ0n) is 9.22. The maximum atomic E-state index is 12.4. The van der Waals surface area contributed by atoms with Crippen LogP contribution in [0.1, 0.15) is 22.8 Å². The quantitative estimate of drug-likeness (QED) is 0.729.